The average molecular weight is 225 g/mol. The van der Waals surface area contributed by atoms with Gasteiger partial charge in [-0.1, -0.05) is 0 Å². The number of carbonyl (C=O) groups is 1. The maximum Gasteiger partial charge on any atom is 0.135 e. The maximum absolute atomic E-state index is 11.2. The van der Waals surface area contributed by atoms with E-state index in [9.17, 15) is 4.79 Å². The number of hydrogen-bond acceptors (Lipinski definition) is 3. The van der Waals surface area contributed by atoms with Gasteiger partial charge in [0.1, 0.15) is 5.78 Å². The molecule has 0 aromatic rings. The molecule has 0 N–H and O–H groups in total. The molecule has 1 aliphatic heterocycles. The van der Waals surface area contributed by atoms with Crippen molar-refractivity contribution in [1.82, 2.24) is 4.90 Å². The van der Waals surface area contributed by atoms with Crippen LogP contribution < -0.4 is 0 Å². The van der Waals surface area contributed by atoms with Crippen molar-refractivity contribution in [3.8, 4) is 0 Å². The van der Waals surface area contributed by atoms with Gasteiger partial charge in [-0.3, -0.25) is 9.69 Å². The first kappa shape index (κ1) is 12.1. The molecular weight excluding hydrogens is 202 g/mol. The second kappa shape index (κ2) is 5.78. The molecule has 2 fully saturated rings. The van der Waals surface area contributed by atoms with Crippen molar-refractivity contribution < 1.29 is 9.53 Å². The summed E-state index contributed by atoms with van der Waals surface area (Å²) >= 11 is 0. The molecule has 0 radical (unpaired) electrons. The smallest absolute Gasteiger partial charge is 0.135 e. The molecule has 16 heavy (non-hydrogen) atoms. The van der Waals surface area contributed by atoms with Crippen molar-refractivity contribution in [1.29, 1.82) is 0 Å². The molecule has 3 heteroatoms. The molecule has 1 saturated carbocycles. The van der Waals surface area contributed by atoms with E-state index in [1.165, 1.54) is 19.3 Å². The van der Waals surface area contributed by atoms with Crippen LogP contribution in [0.25, 0.3) is 0 Å². The Hall–Kier alpha value is -0.410. The van der Waals surface area contributed by atoms with Crippen LogP contribution in [0.4, 0.5) is 0 Å². The zero-order valence-electron chi connectivity index (χ0n) is 10.3. The number of nitrogens with zero attached hydrogens (tertiary/aromatic N) is 1. The second-order valence-electron chi connectivity index (χ2n) is 5.07. The van der Waals surface area contributed by atoms with Crippen LogP contribution in [0.5, 0.6) is 0 Å². The van der Waals surface area contributed by atoms with Gasteiger partial charge in [0.25, 0.3) is 0 Å². The van der Waals surface area contributed by atoms with Crippen molar-refractivity contribution in [2.75, 3.05) is 26.3 Å². The highest BCUT2D eigenvalue weighted by molar-refractivity contribution is 5.79. The van der Waals surface area contributed by atoms with Gasteiger partial charge in [-0.2, -0.15) is 0 Å². The van der Waals surface area contributed by atoms with E-state index in [0.29, 0.717) is 5.78 Å². The summed E-state index contributed by atoms with van der Waals surface area (Å²) in [6, 6.07) is 0.721. The van der Waals surface area contributed by atoms with Gasteiger partial charge in [0.15, 0.2) is 0 Å². The first-order valence-electron chi connectivity index (χ1n) is 6.63. The minimum atomic E-state index is 0.445. The third kappa shape index (κ3) is 3.05. The Balaban J connectivity index is 1.73. The van der Waals surface area contributed by atoms with Crippen LogP contribution in [-0.2, 0) is 9.53 Å². The number of Topliss-reactive ketones (excluding diaryl/α,β-unsaturated/α-hetero) is 1. The summed E-state index contributed by atoms with van der Waals surface area (Å²) in [5.74, 6) is 1.20. The van der Waals surface area contributed by atoms with Crippen LogP contribution in [0.3, 0.4) is 0 Å². The molecule has 2 atom stereocenters. The summed E-state index contributed by atoms with van der Waals surface area (Å²) in [6.07, 6.45) is 5.41. The number of ketones is 1. The maximum atomic E-state index is 11.2. The molecule has 0 aromatic carbocycles. The first-order valence-corrected chi connectivity index (χ1v) is 6.63. The number of carbonyl (C=O) groups excluding carboxylic acids is 1. The third-order valence-electron chi connectivity index (χ3n) is 3.94. The molecule has 0 aromatic heterocycles. The van der Waals surface area contributed by atoms with Crippen LogP contribution in [-0.4, -0.2) is 43.0 Å². The van der Waals surface area contributed by atoms with Gasteiger partial charge in [-0.05, 0) is 32.1 Å². The summed E-state index contributed by atoms with van der Waals surface area (Å²) in [5, 5.41) is 0. The fourth-order valence-corrected chi connectivity index (χ4v) is 2.95. The highest BCUT2D eigenvalue weighted by Crippen LogP contribution is 2.30. The second-order valence-corrected chi connectivity index (χ2v) is 5.07. The zero-order valence-corrected chi connectivity index (χ0v) is 10.3. The van der Waals surface area contributed by atoms with Gasteiger partial charge >= 0.3 is 0 Å². The number of piperidine rings is 1. The average Bonchev–Trinajstić information content (AvgIpc) is 2.76. The van der Waals surface area contributed by atoms with Crippen LogP contribution in [0, 0.1) is 5.92 Å². The van der Waals surface area contributed by atoms with Gasteiger partial charge in [-0.15, -0.1) is 0 Å². The zero-order chi connectivity index (χ0) is 11.4. The Morgan fingerprint density at radius 3 is 2.75 bits per heavy atom. The Morgan fingerprint density at radius 2 is 2.06 bits per heavy atom. The van der Waals surface area contributed by atoms with E-state index < -0.39 is 0 Å². The lowest BCUT2D eigenvalue weighted by molar-refractivity contribution is -0.121. The van der Waals surface area contributed by atoms with Crippen molar-refractivity contribution in [2.45, 2.75) is 45.1 Å². The SMILES string of the molecule is CCOCC1CCC(N2CCC(=O)CC2)C1. The van der Waals surface area contributed by atoms with Crippen LogP contribution in [0.2, 0.25) is 0 Å². The Morgan fingerprint density at radius 1 is 1.31 bits per heavy atom. The Labute approximate surface area is 98.1 Å². The lowest BCUT2D eigenvalue weighted by Gasteiger charge is -2.31. The van der Waals surface area contributed by atoms with Crippen molar-refractivity contribution in [3.63, 3.8) is 0 Å². The fraction of sp³-hybridized carbons (Fsp3) is 0.923. The van der Waals surface area contributed by atoms with E-state index >= 15 is 0 Å². The molecule has 1 saturated heterocycles. The van der Waals surface area contributed by atoms with Gasteiger partial charge in [0.05, 0.1) is 0 Å². The van der Waals surface area contributed by atoms with E-state index in [-0.39, 0.29) is 0 Å². The van der Waals surface area contributed by atoms with E-state index in [1.807, 2.05) is 0 Å². The molecule has 0 spiro atoms. The third-order valence-corrected chi connectivity index (χ3v) is 3.94. The number of rotatable bonds is 4. The lowest BCUT2D eigenvalue weighted by atomic mass is 10.1. The minimum absolute atomic E-state index is 0.445. The topological polar surface area (TPSA) is 29.5 Å². The molecule has 3 nitrogen and oxygen atoms in total. The molecule has 1 heterocycles. The normalized spacial score (nSPS) is 32.2. The van der Waals surface area contributed by atoms with Crippen molar-refractivity contribution >= 4 is 5.78 Å². The Bertz CT molecular complexity index is 232. The van der Waals surface area contributed by atoms with Gasteiger partial charge in [0.2, 0.25) is 0 Å². The van der Waals surface area contributed by atoms with E-state index in [2.05, 4.69) is 11.8 Å². The molecular formula is C13H23NO2. The first-order chi connectivity index (χ1) is 7.79. The molecule has 2 unspecified atom stereocenters. The fourth-order valence-electron chi connectivity index (χ4n) is 2.95. The quantitative estimate of drug-likeness (QED) is 0.731. The molecule has 92 valence electrons. The lowest BCUT2D eigenvalue weighted by Crippen LogP contribution is -2.40. The highest BCUT2D eigenvalue weighted by atomic mass is 16.5. The van der Waals surface area contributed by atoms with Crippen LogP contribution in [0.15, 0.2) is 0 Å². The van der Waals surface area contributed by atoms with E-state index in [1.54, 1.807) is 0 Å². The summed E-state index contributed by atoms with van der Waals surface area (Å²) in [7, 11) is 0. The van der Waals surface area contributed by atoms with Crippen molar-refractivity contribution in [3.05, 3.63) is 0 Å². The molecule has 1 aliphatic carbocycles. The molecule has 2 rings (SSSR count). The highest BCUT2D eigenvalue weighted by Gasteiger charge is 2.30. The van der Waals surface area contributed by atoms with Crippen molar-refractivity contribution in [2.24, 2.45) is 5.92 Å². The summed E-state index contributed by atoms with van der Waals surface area (Å²) in [4.78, 5) is 13.7. The van der Waals surface area contributed by atoms with E-state index in [4.69, 9.17) is 4.74 Å². The predicted octanol–water partition coefficient (Wildman–Crippen LogP) is 1.86. The molecule has 2 aliphatic rings. The summed E-state index contributed by atoms with van der Waals surface area (Å²) in [5.41, 5.74) is 0. The monoisotopic (exact) mass is 225 g/mol. The van der Waals surface area contributed by atoms with E-state index in [0.717, 1.165) is 51.1 Å². The summed E-state index contributed by atoms with van der Waals surface area (Å²) < 4.78 is 5.50. The number of hydrogen-bond donors (Lipinski definition) is 0. The predicted molar refractivity (Wildman–Crippen MR) is 63.4 cm³/mol. The standard InChI is InChI=1S/C13H23NO2/c1-2-16-10-11-3-4-12(9-11)14-7-5-13(15)6-8-14/h11-12H,2-10H2,1H3. The minimum Gasteiger partial charge on any atom is -0.381 e. The summed E-state index contributed by atoms with van der Waals surface area (Å²) in [6.45, 7) is 5.80. The molecule has 0 amide bonds. The largest absolute Gasteiger partial charge is 0.381 e. The van der Waals surface area contributed by atoms with Gasteiger partial charge in [0, 0.05) is 45.2 Å². The Kier molecular flexibility index (Phi) is 4.36. The number of likely N-dealkylation sites (tertiary alicyclic amines) is 1. The van der Waals surface area contributed by atoms with Gasteiger partial charge < -0.3 is 4.74 Å². The van der Waals surface area contributed by atoms with Gasteiger partial charge in [-0.25, -0.2) is 0 Å². The van der Waals surface area contributed by atoms with Crippen LogP contribution >= 0.6 is 0 Å². The van der Waals surface area contributed by atoms with Crippen LogP contribution in [0.1, 0.15) is 39.0 Å². The number of ether oxygens (including phenoxy) is 1. The molecule has 0 bridgehead atoms.